The molecule has 13 heteroatoms. The summed E-state index contributed by atoms with van der Waals surface area (Å²) in [6, 6.07) is 4.47. The molecule has 1 aromatic carbocycles. The van der Waals surface area contributed by atoms with E-state index in [4.69, 9.17) is 11.6 Å². The lowest BCUT2D eigenvalue weighted by molar-refractivity contribution is -0.274. The summed E-state index contributed by atoms with van der Waals surface area (Å²) in [5.74, 6) is -1.55. The van der Waals surface area contributed by atoms with Crippen LogP contribution in [0.1, 0.15) is 16.2 Å². The summed E-state index contributed by atoms with van der Waals surface area (Å²) in [5.41, 5.74) is -1.86. The number of carbonyl (C=O) groups excluding carboxylic acids is 1. The van der Waals surface area contributed by atoms with Gasteiger partial charge in [-0.25, -0.2) is 9.50 Å². The largest absolute Gasteiger partial charge is 0.573 e. The number of aromatic nitrogens is 3. The summed E-state index contributed by atoms with van der Waals surface area (Å²) < 4.78 is 79.7. The normalized spacial score (nSPS) is 12.2. The summed E-state index contributed by atoms with van der Waals surface area (Å²) in [7, 11) is 0. The van der Waals surface area contributed by atoms with E-state index >= 15 is 0 Å². The van der Waals surface area contributed by atoms with Gasteiger partial charge in [0.25, 0.3) is 5.91 Å². The molecule has 3 aromatic rings. The molecule has 148 valence electrons. The molecule has 0 unspecified atom stereocenters. The molecule has 0 fully saturated rings. The second-order valence-electron chi connectivity index (χ2n) is 5.27. The van der Waals surface area contributed by atoms with Crippen molar-refractivity contribution in [3.63, 3.8) is 0 Å². The zero-order valence-electron chi connectivity index (χ0n) is 13.3. The number of hydrogen-bond donors (Lipinski definition) is 1. The first-order valence-electron chi connectivity index (χ1n) is 7.23. The second kappa shape index (κ2) is 6.86. The number of amides is 1. The predicted molar refractivity (Wildman–Crippen MR) is 84.1 cm³/mol. The summed E-state index contributed by atoms with van der Waals surface area (Å²) in [6.45, 7) is 0. The fraction of sp³-hybridized carbons (Fsp3) is 0.133. The first-order valence-corrected chi connectivity index (χ1v) is 7.60. The van der Waals surface area contributed by atoms with Crippen molar-refractivity contribution in [2.24, 2.45) is 0 Å². The van der Waals surface area contributed by atoms with Gasteiger partial charge in [-0.05, 0) is 18.2 Å². The Morgan fingerprint density at radius 3 is 2.43 bits per heavy atom. The lowest BCUT2D eigenvalue weighted by atomic mass is 10.3. The highest BCUT2D eigenvalue weighted by atomic mass is 35.5. The van der Waals surface area contributed by atoms with Crippen LogP contribution >= 0.6 is 11.6 Å². The maximum Gasteiger partial charge on any atom is 0.573 e. The van der Waals surface area contributed by atoms with Gasteiger partial charge in [0.1, 0.15) is 11.4 Å². The zero-order valence-corrected chi connectivity index (χ0v) is 14.0. The van der Waals surface area contributed by atoms with Crippen molar-refractivity contribution in [3.05, 3.63) is 52.9 Å². The van der Waals surface area contributed by atoms with Gasteiger partial charge in [-0.2, -0.15) is 18.3 Å². The molecule has 0 atom stereocenters. The molecule has 0 saturated carbocycles. The number of alkyl halides is 6. The lowest BCUT2D eigenvalue weighted by Crippen LogP contribution is -2.17. The minimum absolute atomic E-state index is 0.0951. The Kier molecular flexibility index (Phi) is 4.83. The maximum absolute atomic E-state index is 13.0. The number of ether oxygens (including phenoxy) is 1. The molecule has 6 nitrogen and oxygen atoms in total. The average Bonchev–Trinajstić information content (AvgIpc) is 2.99. The van der Waals surface area contributed by atoms with Crippen LogP contribution in [0.25, 0.3) is 5.65 Å². The van der Waals surface area contributed by atoms with Gasteiger partial charge in [0.05, 0.1) is 10.7 Å². The molecule has 3 rings (SSSR count). The monoisotopic (exact) mass is 424 g/mol. The molecule has 0 saturated heterocycles. The number of anilines is 1. The molecule has 2 aromatic heterocycles. The lowest BCUT2D eigenvalue weighted by Gasteiger charge is -2.11. The van der Waals surface area contributed by atoms with Crippen LogP contribution in [0.4, 0.5) is 32.0 Å². The second-order valence-corrected chi connectivity index (χ2v) is 5.68. The van der Waals surface area contributed by atoms with E-state index in [0.29, 0.717) is 10.6 Å². The maximum atomic E-state index is 13.0. The van der Waals surface area contributed by atoms with Crippen molar-refractivity contribution in [3.8, 4) is 5.75 Å². The van der Waals surface area contributed by atoms with Gasteiger partial charge >= 0.3 is 12.5 Å². The van der Waals surface area contributed by atoms with Crippen LogP contribution in [0.2, 0.25) is 5.02 Å². The Labute approximate surface area is 156 Å². The van der Waals surface area contributed by atoms with Crippen LogP contribution < -0.4 is 10.1 Å². The highest BCUT2D eigenvalue weighted by Crippen LogP contribution is 2.31. The fourth-order valence-electron chi connectivity index (χ4n) is 2.20. The molecule has 0 aliphatic heterocycles. The van der Waals surface area contributed by atoms with Gasteiger partial charge < -0.3 is 10.1 Å². The van der Waals surface area contributed by atoms with E-state index in [1.54, 1.807) is 0 Å². The number of carbonyl (C=O) groups is 1. The summed E-state index contributed by atoms with van der Waals surface area (Å²) in [5, 5.41) is 5.54. The van der Waals surface area contributed by atoms with Gasteiger partial charge in [0.15, 0.2) is 11.3 Å². The van der Waals surface area contributed by atoms with Crippen molar-refractivity contribution < 1.29 is 35.9 Å². The predicted octanol–water partition coefficient (Wildman–Crippen LogP) is 4.55. The number of hydrogen-bond acceptors (Lipinski definition) is 4. The molecule has 0 bridgehead atoms. The average molecular weight is 425 g/mol. The number of rotatable bonds is 3. The van der Waals surface area contributed by atoms with Gasteiger partial charge in [-0.3, -0.25) is 4.79 Å². The van der Waals surface area contributed by atoms with Gasteiger partial charge in [-0.1, -0.05) is 11.6 Å². The summed E-state index contributed by atoms with van der Waals surface area (Å²) in [6.07, 6.45) is -8.73. The Bertz CT molecular complexity index is 1050. The third-order valence-corrected chi connectivity index (χ3v) is 3.62. The number of nitrogens with one attached hydrogen (secondary N) is 1. The van der Waals surface area contributed by atoms with Gasteiger partial charge in [0.2, 0.25) is 0 Å². The molecule has 0 aliphatic carbocycles. The molecule has 1 N–H and O–H groups in total. The highest BCUT2D eigenvalue weighted by molar-refractivity contribution is 6.34. The summed E-state index contributed by atoms with van der Waals surface area (Å²) >= 11 is 5.80. The Morgan fingerprint density at radius 1 is 1.11 bits per heavy atom. The first kappa shape index (κ1) is 19.7. The first-order chi connectivity index (χ1) is 12.9. The standard InChI is InChI=1S/C15H7ClF6N4O2/c16-8-5-7(28-15(20,21)22)1-2-9(8)24-13(27)10-6-12-23-4-3-11(14(17,18)19)26(12)25-10/h1-6H,(H,24,27). The van der Waals surface area contributed by atoms with Crippen molar-refractivity contribution in [2.75, 3.05) is 5.32 Å². The molecule has 28 heavy (non-hydrogen) atoms. The van der Waals surface area contributed by atoms with Crippen LogP contribution in [0.3, 0.4) is 0 Å². The molecule has 0 spiro atoms. The molecule has 0 radical (unpaired) electrons. The van der Waals surface area contributed by atoms with Crippen molar-refractivity contribution in [1.82, 2.24) is 14.6 Å². The van der Waals surface area contributed by atoms with Gasteiger partial charge in [0, 0.05) is 18.3 Å². The topological polar surface area (TPSA) is 68.5 Å². The minimum atomic E-state index is -4.92. The molecule has 1 amide bonds. The SMILES string of the molecule is O=C(Nc1ccc(OC(F)(F)F)cc1Cl)c1cc2nccc(C(F)(F)F)n2n1. The number of nitrogens with zero attached hydrogens (tertiary/aromatic N) is 3. The molecular formula is C15H7ClF6N4O2. The Morgan fingerprint density at radius 2 is 1.82 bits per heavy atom. The third-order valence-electron chi connectivity index (χ3n) is 3.30. The quantitative estimate of drug-likeness (QED) is 0.626. The van der Waals surface area contributed by atoms with Crippen molar-refractivity contribution >= 4 is 28.8 Å². The molecule has 0 aliphatic rings. The number of benzene rings is 1. The Balaban J connectivity index is 1.86. The van der Waals surface area contributed by atoms with Crippen LogP contribution in [0.15, 0.2) is 36.5 Å². The Hall–Kier alpha value is -3.02. The number of halogens is 7. The van der Waals surface area contributed by atoms with Crippen molar-refractivity contribution in [2.45, 2.75) is 12.5 Å². The van der Waals surface area contributed by atoms with Crippen LogP contribution in [0.5, 0.6) is 5.75 Å². The van der Waals surface area contributed by atoms with E-state index in [9.17, 15) is 31.1 Å². The van der Waals surface area contributed by atoms with Crippen LogP contribution in [0, 0.1) is 0 Å². The number of fused-ring (bicyclic) bond motifs is 1. The van der Waals surface area contributed by atoms with E-state index in [1.165, 1.54) is 0 Å². The van der Waals surface area contributed by atoms with E-state index in [2.05, 4.69) is 20.1 Å². The van der Waals surface area contributed by atoms with Gasteiger partial charge in [-0.15, -0.1) is 13.2 Å². The van der Waals surface area contributed by atoms with Crippen LogP contribution in [-0.2, 0) is 6.18 Å². The zero-order chi connectivity index (χ0) is 20.7. The van der Waals surface area contributed by atoms with Crippen LogP contribution in [-0.4, -0.2) is 26.9 Å². The minimum Gasteiger partial charge on any atom is -0.406 e. The molecule has 2 heterocycles. The fourth-order valence-corrected chi connectivity index (χ4v) is 2.42. The third kappa shape index (κ3) is 4.27. The highest BCUT2D eigenvalue weighted by Gasteiger charge is 2.34. The smallest absolute Gasteiger partial charge is 0.406 e. The van der Waals surface area contributed by atoms with E-state index in [1.807, 2.05) is 0 Å². The van der Waals surface area contributed by atoms with E-state index in [0.717, 1.165) is 30.5 Å². The molecular weight excluding hydrogens is 418 g/mol. The van der Waals surface area contributed by atoms with Crippen molar-refractivity contribution in [1.29, 1.82) is 0 Å². The summed E-state index contributed by atoms with van der Waals surface area (Å²) in [4.78, 5) is 15.9. The van der Waals surface area contributed by atoms with E-state index in [-0.39, 0.29) is 16.4 Å². The van der Waals surface area contributed by atoms with E-state index < -0.39 is 35.6 Å².